The molecule has 0 N–H and O–H groups in total. The number of benzene rings is 3. The van der Waals surface area contributed by atoms with Gasteiger partial charge in [-0.15, -0.1) is 0 Å². The molecule has 6 nitrogen and oxygen atoms in total. The molecule has 0 heterocycles. The minimum atomic E-state index is -0.541. The molecule has 3 aromatic rings. The first-order chi connectivity index (χ1) is 13.6. The molecule has 0 aromatic heterocycles. The van der Waals surface area contributed by atoms with E-state index in [-0.39, 0.29) is 12.3 Å². The van der Waals surface area contributed by atoms with Gasteiger partial charge in [0.05, 0.1) is 4.92 Å². The minimum absolute atomic E-state index is 0.0363. The van der Waals surface area contributed by atoms with Crippen molar-refractivity contribution in [3.63, 3.8) is 0 Å². The van der Waals surface area contributed by atoms with Gasteiger partial charge in [-0.25, -0.2) is 4.79 Å². The summed E-state index contributed by atoms with van der Waals surface area (Å²) in [6, 6.07) is 22.6. The van der Waals surface area contributed by atoms with E-state index in [1.807, 2.05) is 48.5 Å². The van der Waals surface area contributed by atoms with Crippen LogP contribution in [0.15, 0.2) is 84.9 Å². The van der Waals surface area contributed by atoms with Crippen LogP contribution in [-0.4, -0.2) is 10.9 Å². The molecule has 0 unspecified atom stereocenters. The number of carbonyl (C=O) groups is 1. The van der Waals surface area contributed by atoms with Gasteiger partial charge in [0.15, 0.2) is 0 Å². The van der Waals surface area contributed by atoms with Gasteiger partial charge >= 0.3 is 5.97 Å². The Balaban J connectivity index is 1.56. The van der Waals surface area contributed by atoms with Gasteiger partial charge < -0.3 is 9.47 Å². The van der Waals surface area contributed by atoms with Crippen molar-refractivity contribution in [3.05, 3.63) is 106 Å². The molecular formula is C22H17NO5. The second kappa shape index (κ2) is 9.14. The molecule has 0 atom stereocenters. The molecule has 140 valence electrons. The van der Waals surface area contributed by atoms with Gasteiger partial charge in [0.1, 0.15) is 18.1 Å². The number of nitro groups is 1. The first-order valence-corrected chi connectivity index (χ1v) is 8.51. The highest BCUT2D eigenvalue weighted by Gasteiger charge is 2.05. The van der Waals surface area contributed by atoms with Crippen molar-refractivity contribution >= 4 is 17.7 Å². The van der Waals surface area contributed by atoms with Crippen molar-refractivity contribution in [2.24, 2.45) is 0 Å². The van der Waals surface area contributed by atoms with Crippen LogP contribution in [0.2, 0.25) is 0 Å². The smallest absolute Gasteiger partial charge is 0.331 e. The molecule has 0 radical (unpaired) electrons. The number of non-ortho nitro benzene ring substituents is 1. The van der Waals surface area contributed by atoms with Crippen LogP contribution < -0.4 is 4.74 Å². The Kier molecular flexibility index (Phi) is 6.15. The van der Waals surface area contributed by atoms with E-state index < -0.39 is 10.9 Å². The number of nitro benzene ring substituents is 1. The second-order valence-corrected chi connectivity index (χ2v) is 5.86. The summed E-state index contributed by atoms with van der Waals surface area (Å²) in [7, 11) is 0. The fourth-order valence-electron chi connectivity index (χ4n) is 2.43. The average Bonchev–Trinajstić information content (AvgIpc) is 2.72. The van der Waals surface area contributed by atoms with Crippen molar-refractivity contribution in [3.8, 4) is 11.5 Å². The van der Waals surface area contributed by atoms with E-state index in [0.29, 0.717) is 11.3 Å². The van der Waals surface area contributed by atoms with E-state index in [0.717, 1.165) is 11.3 Å². The van der Waals surface area contributed by atoms with Crippen LogP contribution in [0.4, 0.5) is 5.69 Å². The summed E-state index contributed by atoms with van der Waals surface area (Å²) in [6.07, 6.45) is 2.72. The lowest BCUT2D eigenvalue weighted by Gasteiger charge is -2.07. The van der Waals surface area contributed by atoms with Crippen LogP contribution in [0.5, 0.6) is 11.5 Å². The number of para-hydroxylation sites is 1. The summed E-state index contributed by atoms with van der Waals surface area (Å²) in [5.74, 6) is 0.823. The Hall–Kier alpha value is -3.93. The highest BCUT2D eigenvalue weighted by atomic mass is 16.6. The zero-order chi connectivity index (χ0) is 19.8. The SMILES string of the molecule is O=C(/C=C/c1cccc([N+](=O)[O-])c1)OCc1cccc(Oc2ccccc2)c1. The van der Waals surface area contributed by atoms with Crippen LogP contribution in [0.3, 0.4) is 0 Å². The number of carbonyl (C=O) groups excluding carboxylic acids is 1. The Labute approximate surface area is 161 Å². The number of esters is 1. The highest BCUT2D eigenvalue weighted by Crippen LogP contribution is 2.22. The molecule has 3 aromatic carbocycles. The van der Waals surface area contributed by atoms with Gasteiger partial charge in [-0.1, -0.05) is 42.5 Å². The third kappa shape index (κ3) is 5.54. The molecule has 0 fully saturated rings. The number of hydrogen-bond donors (Lipinski definition) is 0. The summed E-state index contributed by atoms with van der Waals surface area (Å²) in [6.45, 7) is 0.0874. The number of ether oxygens (including phenoxy) is 2. The van der Waals surface area contributed by atoms with Gasteiger partial charge in [0.2, 0.25) is 0 Å². The van der Waals surface area contributed by atoms with Crippen molar-refractivity contribution < 1.29 is 19.2 Å². The van der Waals surface area contributed by atoms with Crippen molar-refractivity contribution in [1.29, 1.82) is 0 Å². The molecular weight excluding hydrogens is 358 g/mol. The van der Waals surface area contributed by atoms with Crippen molar-refractivity contribution in [2.45, 2.75) is 6.61 Å². The van der Waals surface area contributed by atoms with E-state index in [1.165, 1.54) is 24.3 Å². The molecule has 0 spiro atoms. The summed E-state index contributed by atoms with van der Waals surface area (Å²) in [5.41, 5.74) is 1.29. The Morgan fingerprint density at radius 1 is 0.929 bits per heavy atom. The Bertz CT molecular complexity index is 999. The molecule has 3 rings (SSSR count). The maximum absolute atomic E-state index is 11.9. The monoisotopic (exact) mass is 375 g/mol. The summed E-state index contributed by atoms with van der Waals surface area (Å²) in [4.78, 5) is 22.2. The number of rotatable bonds is 7. The van der Waals surface area contributed by atoms with E-state index in [4.69, 9.17) is 9.47 Å². The van der Waals surface area contributed by atoms with Crippen LogP contribution in [-0.2, 0) is 16.1 Å². The zero-order valence-corrected chi connectivity index (χ0v) is 14.9. The Morgan fingerprint density at radius 2 is 1.68 bits per heavy atom. The van der Waals surface area contributed by atoms with Crippen molar-refractivity contribution in [1.82, 2.24) is 0 Å². The van der Waals surface area contributed by atoms with E-state index in [2.05, 4.69) is 0 Å². The van der Waals surface area contributed by atoms with Crippen molar-refractivity contribution in [2.75, 3.05) is 0 Å². The molecule has 0 saturated carbocycles. The Morgan fingerprint density at radius 3 is 2.46 bits per heavy atom. The normalized spacial score (nSPS) is 10.6. The lowest BCUT2D eigenvalue weighted by Crippen LogP contribution is -2.00. The van der Waals surface area contributed by atoms with E-state index in [1.54, 1.807) is 18.2 Å². The van der Waals surface area contributed by atoms with Crippen LogP contribution in [0.25, 0.3) is 6.08 Å². The van der Waals surface area contributed by atoms with Crippen LogP contribution in [0.1, 0.15) is 11.1 Å². The number of nitrogens with zero attached hydrogens (tertiary/aromatic N) is 1. The minimum Gasteiger partial charge on any atom is -0.458 e. The largest absolute Gasteiger partial charge is 0.458 e. The summed E-state index contributed by atoms with van der Waals surface area (Å²) in [5, 5.41) is 10.8. The molecule has 0 aliphatic carbocycles. The zero-order valence-electron chi connectivity index (χ0n) is 14.9. The van der Waals surface area contributed by atoms with Gasteiger partial charge in [-0.3, -0.25) is 10.1 Å². The van der Waals surface area contributed by atoms with Gasteiger partial charge in [0.25, 0.3) is 5.69 Å². The lowest BCUT2D eigenvalue weighted by atomic mass is 10.2. The van der Waals surface area contributed by atoms with Crippen LogP contribution in [0, 0.1) is 10.1 Å². The standard InChI is InChI=1S/C22H17NO5/c24-22(13-12-17-6-4-8-19(14-17)23(25)26)27-16-18-7-5-11-21(15-18)28-20-9-2-1-3-10-20/h1-15H,16H2/b13-12+. The lowest BCUT2D eigenvalue weighted by molar-refractivity contribution is -0.384. The fourth-order valence-corrected chi connectivity index (χ4v) is 2.43. The molecule has 0 aliphatic rings. The predicted octanol–water partition coefficient (Wildman–Crippen LogP) is 5.14. The highest BCUT2D eigenvalue weighted by molar-refractivity contribution is 5.87. The topological polar surface area (TPSA) is 78.7 Å². The maximum Gasteiger partial charge on any atom is 0.331 e. The predicted molar refractivity (Wildman–Crippen MR) is 105 cm³/mol. The van der Waals surface area contributed by atoms with Gasteiger partial charge in [-0.2, -0.15) is 0 Å². The van der Waals surface area contributed by atoms with E-state index in [9.17, 15) is 14.9 Å². The fraction of sp³-hybridized carbons (Fsp3) is 0.0455. The first-order valence-electron chi connectivity index (χ1n) is 8.51. The molecule has 0 bridgehead atoms. The molecule has 6 heteroatoms. The molecule has 0 saturated heterocycles. The molecule has 28 heavy (non-hydrogen) atoms. The third-order valence-electron chi connectivity index (χ3n) is 3.75. The summed E-state index contributed by atoms with van der Waals surface area (Å²) < 4.78 is 11.0. The average molecular weight is 375 g/mol. The molecule has 0 aliphatic heterocycles. The molecule has 0 amide bonds. The summed E-state index contributed by atoms with van der Waals surface area (Å²) >= 11 is 0. The number of hydrogen-bond acceptors (Lipinski definition) is 5. The second-order valence-electron chi connectivity index (χ2n) is 5.86. The van der Waals surface area contributed by atoms with Gasteiger partial charge in [0, 0.05) is 18.2 Å². The quantitative estimate of drug-likeness (QED) is 0.247. The maximum atomic E-state index is 11.9. The first kappa shape index (κ1) is 18.8. The third-order valence-corrected chi connectivity index (χ3v) is 3.75. The van der Waals surface area contributed by atoms with Crippen LogP contribution >= 0.6 is 0 Å². The van der Waals surface area contributed by atoms with Gasteiger partial charge in [-0.05, 0) is 41.5 Å². The van der Waals surface area contributed by atoms with E-state index >= 15 is 0 Å².